The molecule has 142 valence electrons. The summed E-state index contributed by atoms with van der Waals surface area (Å²) < 4.78 is 19.2. The minimum absolute atomic E-state index is 0.0524. The minimum atomic E-state index is -0.364. The third kappa shape index (κ3) is 3.82. The van der Waals surface area contributed by atoms with Gasteiger partial charge >= 0.3 is 0 Å². The number of carbonyl (C=O) groups is 1. The maximum atomic E-state index is 13.2. The Bertz CT molecular complexity index is 816. The highest BCUT2D eigenvalue weighted by Gasteiger charge is 2.42. The van der Waals surface area contributed by atoms with Crippen molar-refractivity contribution in [3.63, 3.8) is 0 Å². The first kappa shape index (κ1) is 17.9. The molecule has 27 heavy (non-hydrogen) atoms. The molecule has 2 saturated heterocycles. The van der Waals surface area contributed by atoms with Crippen LogP contribution in [-0.4, -0.2) is 47.8 Å². The molecule has 2 aromatic rings. The van der Waals surface area contributed by atoms with Gasteiger partial charge in [-0.1, -0.05) is 18.2 Å². The Morgan fingerprint density at radius 3 is 2.48 bits per heavy atom. The quantitative estimate of drug-likeness (QED) is 0.903. The molecule has 2 heterocycles. The van der Waals surface area contributed by atoms with Crippen molar-refractivity contribution in [1.82, 2.24) is 4.90 Å². The highest BCUT2D eigenvalue weighted by atomic mass is 19.1. The third-order valence-electron chi connectivity index (χ3n) is 5.54. The highest BCUT2D eigenvalue weighted by Crippen LogP contribution is 2.33. The van der Waals surface area contributed by atoms with Gasteiger partial charge in [0.15, 0.2) is 0 Å². The van der Waals surface area contributed by atoms with Crippen LogP contribution in [0.15, 0.2) is 48.5 Å². The number of hydrogen-bond donors (Lipinski definition) is 1. The Morgan fingerprint density at radius 1 is 1.07 bits per heavy atom. The summed E-state index contributed by atoms with van der Waals surface area (Å²) in [5, 5.41) is 9.97. The molecule has 1 amide bonds. The third-order valence-corrected chi connectivity index (χ3v) is 5.54. The fourth-order valence-electron chi connectivity index (χ4n) is 3.88. The number of anilines is 1. The largest absolute Gasteiger partial charge is 0.508 e. The van der Waals surface area contributed by atoms with Gasteiger partial charge in [-0.15, -0.1) is 0 Å². The van der Waals surface area contributed by atoms with Crippen LogP contribution in [0.2, 0.25) is 0 Å². The normalized spacial score (nSPS) is 20.2. The van der Waals surface area contributed by atoms with Gasteiger partial charge in [-0.2, -0.15) is 0 Å². The van der Waals surface area contributed by atoms with Crippen LogP contribution in [0, 0.1) is 5.82 Å². The van der Waals surface area contributed by atoms with E-state index in [2.05, 4.69) is 4.90 Å². The van der Waals surface area contributed by atoms with E-state index < -0.39 is 0 Å². The van der Waals surface area contributed by atoms with E-state index >= 15 is 0 Å². The Hall–Kier alpha value is -2.44. The van der Waals surface area contributed by atoms with E-state index in [1.807, 2.05) is 18.2 Å². The van der Waals surface area contributed by atoms with Crippen molar-refractivity contribution in [2.45, 2.75) is 25.0 Å². The van der Waals surface area contributed by atoms with Crippen LogP contribution in [0.25, 0.3) is 0 Å². The number of nitrogens with zero attached hydrogens (tertiary/aromatic N) is 2. The summed E-state index contributed by atoms with van der Waals surface area (Å²) in [7, 11) is 0. The minimum Gasteiger partial charge on any atom is -0.508 e. The van der Waals surface area contributed by atoms with Gasteiger partial charge in [-0.3, -0.25) is 9.69 Å². The van der Waals surface area contributed by atoms with E-state index in [0.717, 1.165) is 31.5 Å². The standard InChI is InChI=1S/C21H23FN2O3/c22-17-5-7-18(8-6-17)24-15-21(27-14-20(24)26)9-11-23(12-10-21)13-16-3-1-2-4-19(16)25/h1-8,25H,9-15H2. The topological polar surface area (TPSA) is 53.0 Å². The van der Waals surface area contributed by atoms with Crippen LogP contribution in [0.3, 0.4) is 0 Å². The van der Waals surface area contributed by atoms with Gasteiger partial charge in [0.25, 0.3) is 5.91 Å². The Balaban J connectivity index is 1.42. The van der Waals surface area contributed by atoms with E-state index in [4.69, 9.17) is 4.74 Å². The van der Waals surface area contributed by atoms with Crippen molar-refractivity contribution in [2.24, 2.45) is 0 Å². The highest BCUT2D eigenvalue weighted by molar-refractivity contribution is 5.95. The molecule has 2 aliphatic rings. The summed E-state index contributed by atoms with van der Waals surface area (Å²) in [6.07, 6.45) is 1.62. The zero-order valence-electron chi connectivity index (χ0n) is 15.1. The number of piperidine rings is 1. The maximum absolute atomic E-state index is 13.2. The van der Waals surface area contributed by atoms with Crippen molar-refractivity contribution in [2.75, 3.05) is 31.1 Å². The predicted molar refractivity (Wildman–Crippen MR) is 100 cm³/mol. The Morgan fingerprint density at radius 2 is 1.78 bits per heavy atom. The van der Waals surface area contributed by atoms with Crippen LogP contribution in [0.1, 0.15) is 18.4 Å². The lowest BCUT2D eigenvalue weighted by Crippen LogP contribution is -2.58. The molecule has 5 nitrogen and oxygen atoms in total. The zero-order valence-corrected chi connectivity index (χ0v) is 15.1. The summed E-state index contributed by atoms with van der Waals surface area (Å²) in [5.41, 5.74) is 1.26. The molecule has 0 atom stereocenters. The number of amides is 1. The van der Waals surface area contributed by atoms with Crippen LogP contribution in [-0.2, 0) is 16.1 Å². The molecule has 6 heteroatoms. The number of para-hydroxylation sites is 1. The number of rotatable bonds is 3. The molecule has 2 fully saturated rings. The number of halogens is 1. The van der Waals surface area contributed by atoms with Gasteiger partial charge in [0.05, 0.1) is 12.1 Å². The van der Waals surface area contributed by atoms with Crippen molar-refractivity contribution in [1.29, 1.82) is 0 Å². The first-order valence-corrected chi connectivity index (χ1v) is 9.24. The second-order valence-electron chi connectivity index (χ2n) is 7.33. The van der Waals surface area contributed by atoms with E-state index in [-0.39, 0.29) is 23.9 Å². The van der Waals surface area contributed by atoms with E-state index in [0.29, 0.717) is 24.5 Å². The van der Waals surface area contributed by atoms with Gasteiger partial charge in [-0.05, 0) is 43.2 Å². The summed E-state index contributed by atoms with van der Waals surface area (Å²) in [4.78, 5) is 16.3. The van der Waals surface area contributed by atoms with Crippen LogP contribution in [0.4, 0.5) is 10.1 Å². The van der Waals surface area contributed by atoms with Gasteiger partial charge in [0.1, 0.15) is 18.2 Å². The molecule has 0 bridgehead atoms. The van der Waals surface area contributed by atoms with Crippen LogP contribution < -0.4 is 4.90 Å². The molecular weight excluding hydrogens is 347 g/mol. The summed E-state index contributed by atoms with van der Waals surface area (Å²) >= 11 is 0. The molecule has 0 aliphatic carbocycles. The molecule has 0 saturated carbocycles. The monoisotopic (exact) mass is 370 g/mol. The number of benzene rings is 2. The number of phenolic OH excluding ortho intramolecular Hbond substituents is 1. The summed E-state index contributed by atoms with van der Waals surface area (Å²) in [6, 6.07) is 13.4. The lowest BCUT2D eigenvalue weighted by atomic mass is 9.88. The molecule has 2 aliphatic heterocycles. The molecule has 2 aromatic carbocycles. The van der Waals surface area contributed by atoms with E-state index in [1.165, 1.54) is 12.1 Å². The number of ether oxygens (including phenoxy) is 1. The van der Waals surface area contributed by atoms with Crippen molar-refractivity contribution < 1.29 is 19.0 Å². The fourth-order valence-corrected chi connectivity index (χ4v) is 3.88. The lowest BCUT2D eigenvalue weighted by molar-refractivity contribution is -0.145. The molecule has 0 aromatic heterocycles. The van der Waals surface area contributed by atoms with Crippen molar-refractivity contribution in [3.8, 4) is 5.75 Å². The Kier molecular flexibility index (Phi) is 4.85. The molecule has 0 radical (unpaired) electrons. The average Bonchev–Trinajstić information content (AvgIpc) is 2.68. The molecule has 4 rings (SSSR count). The molecule has 0 unspecified atom stereocenters. The summed E-state index contributed by atoms with van der Waals surface area (Å²) in [6.45, 7) is 2.90. The number of carbonyl (C=O) groups excluding carboxylic acids is 1. The van der Waals surface area contributed by atoms with Gasteiger partial charge in [0.2, 0.25) is 0 Å². The smallest absolute Gasteiger partial charge is 0.253 e. The predicted octanol–water partition coefficient (Wildman–Crippen LogP) is 2.93. The number of aromatic hydroxyl groups is 1. The zero-order chi connectivity index (χ0) is 18.9. The maximum Gasteiger partial charge on any atom is 0.253 e. The Labute approximate surface area is 158 Å². The summed E-state index contributed by atoms with van der Waals surface area (Å²) in [5.74, 6) is -0.0877. The van der Waals surface area contributed by atoms with Gasteiger partial charge < -0.3 is 14.7 Å². The van der Waals surface area contributed by atoms with Crippen molar-refractivity contribution >= 4 is 11.6 Å². The number of phenols is 1. The molecule has 1 spiro atoms. The molecule has 1 N–H and O–H groups in total. The number of likely N-dealkylation sites (tertiary alicyclic amines) is 1. The van der Waals surface area contributed by atoms with Crippen molar-refractivity contribution in [3.05, 3.63) is 59.9 Å². The first-order valence-electron chi connectivity index (χ1n) is 9.24. The van der Waals surface area contributed by atoms with E-state index in [1.54, 1.807) is 23.1 Å². The second kappa shape index (κ2) is 7.29. The second-order valence-corrected chi connectivity index (χ2v) is 7.33. The SMILES string of the molecule is O=C1COC2(CCN(Cc3ccccc3O)CC2)CN1c1ccc(F)cc1. The van der Waals surface area contributed by atoms with Gasteiger partial charge in [0, 0.05) is 30.9 Å². The fraction of sp³-hybridized carbons (Fsp3) is 0.381. The lowest BCUT2D eigenvalue weighted by Gasteiger charge is -2.47. The van der Waals surface area contributed by atoms with E-state index in [9.17, 15) is 14.3 Å². The van der Waals surface area contributed by atoms with Gasteiger partial charge in [-0.25, -0.2) is 4.39 Å². The number of hydrogen-bond acceptors (Lipinski definition) is 4. The van der Waals surface area contributed by atoms with Crippen LogP contribution in [0.5, 0.6) is 5.75 Å². The van der Waals surface area contributed by atoms with Crippen LogP contribution >= 0.6 is 0 Å². The number of morpholine rings is 1. The average molecular weight is 370 g/mol. The molecular formula is C21H23FN2O3. The first-order chi connectivity index (χ1) is 13.0.